The summed E-state index contributed by atoms with van der Waals surface area (Å²) in [5, 5.41) is 0. The van der Waals surface area contributed by atoms with Gasteiger partial charge >= 0.3 is 0 Å². The van der Waals surface area contributed by atoms with Crippen molar-refractivity contribution in [3.8, 4) is 0 Å². The van der Waals surface area contributed by atoms with Crippen molar-refractivity contribution in [1.29, 1.82) is 0 Å². The van der Waals surface area contributed by atoms with Gasteiger partial charge in [-0.15, -0.1) is 0 Å². The predicted octanol–water partition coefficient (Wildman–Crippen LogP) is 6.68. The standard InChI is InChI=1S/2C8H16.C6H12O2/c2*1-7-3-5-8(2)6-4-7;1-5-3-7-6(2)8-4-5/h2*7-8H,3-6H2,1-2H3;5-6H,3-4H2,1-2H3. The molecule has 0 bridgehead atoms. The third kappa shape index (κ3) is 10.7. The summed E-state index contributed by atoms with van der Waals surface area (Å²) >= 11 is 0. The van der Waals surface area contributed by atoms with Crippen LogP contribution in [0.5, 0.6) is 0 Å². The van der Waals surface area contributed by atoms with Gasteiger partial charge in [-0.2, -0.15) is 0 Å². The molecule has 0 radical (unpaired) electrons. The second kappa shape index (κ2) is 12.3. The van der Waals surface area contributed by atoms with E-state index in [0.29, 0.717) is 5.92 Å². The minimum absolute atomic E-state index is 0.0196. The Morgan fingerprint density at radius 3 is 0.875 bits per heavy atom. The van der Waals surface area contributed by atoms with Gasteiger partial charge in [0.1, 0.15) is 0 Å². The normalized spacial score (nSPS) is 39.8. The zero-order valence-corrected chi connectivity index (χ0v) is 17.4. The van der Waals surface area contributed by atoms with Crippen molar-refractivity contribution < 1.29 is 9.47 Å². The van der Waals surface area contributed by atoms with Crippen LogP contribution in [0.4, 0.5) is 0 Å². The van der Waals surface area contributed by atoms with E-state index < -0.39 is 0 Å². The SMILES string of the molecule is CC1CCC(C)CC1.CC1CCC(C)CC1.CC1COC(C)OC1. The average molecular weight is 341 g/mol. The Hall–Kier alpha value is -0.0800. The smallest absolute Gasteiger partial charge is 0.154 e. The molecule has 3 rings (SSSR count). The first kappa shape index (κ1) is 22.0. The van der Waals surface area contributed by atoms with E-state index in [0.717, 1.165) is 36.9 Å². The highest BCUT2D eigenvalue weighted by Gasteiger charge is 2.14. The molecule has 0 spiro atoms. The van der Waals surface area contributed by atoms with Crippen LogP contribution >= 0.6 is 0 Å². The molecule has 2 heteroatoms. The Morgan fingerprint density at radius 2 is 0.667 bits per heavy atom. The van der Waals surface area contributed by atoms with Gasteiger partial charge in [0.25, 0.3) is 0 Å². The van der Waals surface area contributed by atoms with Gasteiger partial charge < -0.3 is 9.47 Å². The van der Waals surface area contributed by atoms with Gasteiger partial charge in [-0.25, -0.2) is 0 Å². The first-order valence-electron chi connectivity index (χ1n) is 10.6. The van der Waals surface area contributed by atoms with Gasteiger partial charge in [-0.05, 0) is 30.6 Å². The van der Waals surface area contributed by atoms with Crippen LogP contribution in [-0.2, 0) is 9.47 Å². The number of hydrogen-bond donors (Lipinski definition) is 0. The summed E-state index contributed by atoms with van der Waals surface area (Å²) in [6.07, 6.45) is 11.8. The van der Waals surface area contributed by atoms with E-state index >= 15 is 0 Å². The Morgan fingerprint density at radius 1 is 0.417 bits per heavy atom. The van der Waals surface area contributed by atoms with E-state index in [4.69, 9.17) is 9.47 Å². The van der Waals surface area contributed by atoms with Gasteiger partial charge in [-0.3, -0.25) is 0 Å². The first-order valence-corrected chi connectivity index (χ1v) is 10.6. The topological polar surface area (TPSA) is 18.5 Å². The van der Waals surface area contributed by atoms with Gasteiger partial charge in [0.15, 0.2) is 6.29 Å². The average Bonchev–Trinajstić information content (AvgIpc) is 2.57. The maximum atomic E-state index is 5.17. The highest BCUT2D eigenvalue weighted by molar-refractivity contribution is 4.66. The lowest BCUT2D eigenvalue weighted by atomic mass is 9.84. The van der Waals surface area contributed by atoms with E-state index in [1.54, 1.807) is 0 Å². The van der Waals surface area contributed by atoms with Crippen LogP contribution < -0.4 is 0 Å². The zero-order valence-electron chi connectivity index (χ0n) is 17.4. The summed E-state index contributed by atoms with van der Waals surface area (Å²) in [5.41, 5.74) is 0. The Bertz CT molecular complexity index is 203. The minimum atomic E-state index is 0.0196. The second-order valence-electron chi connectivity index (χ2n) is 9.07. The molecule has 3 fully saturated rings. The molecule has 24 heavy (non-hydrogen) atoms. The molecule has 144 valence electrons. The van der Waals surface area contributed by atoms with Gasteiger partial charge in [0.2, 0.25) is 0 Å². The molecular formula is C22H44O2. The molecule has 1 heterocycles. The molecule has 2 saturated carbocycles. The summed E-state index contributed by atoms with van der Waals surface area (Å²) in [7, 11) is 0. The van der Waals surface area contributed by atoms with Gasteiger partial charge in [-0.1, -0.05) is 86.0 Å². The number of hydrogen-bond acceptors (Lipinski definition) is 2. The fourth-order valence-corrected chi connectivity index (χ4v) is 3.55. The third-order valence-corrected chi connectivity index (χ3v) is 5.84. The fraction of sp³-hybridized carbons (Fsp3) is 1.00. The molecule has 2 nitrogen and oxygen atoms in total. The minimum Gasteiger partial charge on any atom is -0.353 e. The number of rotatable bonds is 0. The summed E-state index contributed by atoms with van der Waals surface area (Å²) in [5.74, 6) is 4.65. The van der Waals surface area contributed by atoms with E-state index in [1.165, 1.54) is 51.4 Å². The summed E-state index contributed by atoms with van der Waals surface area (Å²) in [6, 6.07) is 0. The molecule has 3 aliphatic rings. The van der Waals surface area contributed by atoms with Crippen LogP contribution in [-0.4, -0.2) is 19.5 Å². The van der Waals surface area contributed by atoms with Crippen molar-refractivity contribution in [3.05, 3.63) is 0 Å². The maximum absolute atomic E-state index is 5.17. The van der Waals surface area contributed by atoms with E-state index in [9.17, 15) is 0 Å². The third-order valence-electron chi connectivity index (χ3n) is 5.84. The molecule has 1 saturated heterocycles. The Balaban J connectivity index is 0.000000180. The quantitative estimate of drug-likeness (QED) is 0.489. The molecule has 0 amide bonds. The van der Waals surface area contributed by atoms with Gasteiger partial charge in [0, 0.05) is 5.92 Å². The summed E-state index contributed by atoms with van der Waals surface area (Å²) in [6.45, 7) is 15.2. The molecule has 2 aliphatic carbocycles. The van der Waals surface area contributed by atoms with Crippen LogP contribution in [0.15, 0.2) is 0 Å². The van der Waals surface area contributed by atoms with Crippen LogP contribution in [0.2, 0.25) is 0 Å². The molecule has 1 aliphatic heterocycles. The van der Waals surface area contributed by atoms with Crippen molar-refractivity contribution in [2.45, 2.75) is 99.2 Å². The van der Waals surface area contributed by atoms with Crippen LogP contribution in [0, 0.1) is 29.6 Å². The molecule has 0 N–H and O–H groups in total. The number of ether oxygens (including phenoxy) is 2. The molecular weight excluding hydrogens is 296 g/mol. The van der Waals surface area contributed by atoms with Crippen molar-refractivity contribution in [3.63, 3.8) is 0 Å². The Kier molecular flexibility index (Phi) is 11.3. The molecule has 0 aromatic rings. The van der Waals surface area contributed by atoms with Crippen molar-refractivity contribution in [1.82, 2.24) is 0 Å². The molecule has 0 atom stereocenters. The van der Waals surface area contributed by atoms with E-state index in [2.05, 4.69) is 34.6 Å². The monoisotopic (exact) mass is 340 g/mol. The van der Waals surface area contributed by atoms with Gasteiger partial charge in [0.05, 0.1) is 13.2 Å². The molecule has 0 aromatic carbocycles. The zero-order chi connectivity index (χ0) is 17.9. The van der Waals surface area contributed by atoms with E-state index in [-0.39, 0.29) is 6.29 Å². The van der Waals surface area contributed by atoms with Crippen molar-refractivity contribution in [2.75, 3.05) is 13.2 Å². The molecule has 0 aromatic heterocycles. The summed E-state index contributed by atoms with van der Waals surface area (Å²) in [4.78, 5) is 0. The highest BCUT2D eigenvalue weighted by atomic mass is 16.7. The second-order valence-corrected chi connectivity index (χ2v) is 9.07. The van der Waals surface area contributed by atoms with Crippen LogP contribution in [0.25, 0.3) is 0 Å². The predicted molar refractivity (Wildman–Crippen MR) is 104 cm³/mol. The maximum Gasteiger partial charge on any atom is 0.154 e. The van der Waals surface area contributed by atoms with Crippen LogP contribution in [0.3, 0.4) is 0 Å². The lowest BCUT2D eigenvalue weighted by Gasteiger charge is -2.24. The largest absolute Gasteiger partial charge is 0.353 e. The highest BCUT2D eigenvalue weighted by Crippen LogP contribution is 2.27. The first-order chi connectivity index (χ1) is 11.4. The van der Waals surface area contributed by atoms with Crippen molar-refractivity contribution >= 4 is 0 Å². The van der Waals surface area contributed by atoms with E-state index in [1.807, 2.05) is 6.92 Å². The fourth-order valence-electron chi connectivity index (χ4n) is 3.55. The van der Waals surface area contributed by atoms with Crippen LogP contribution in [0.1, 0.15) is 92.9 Å². The Labute approximate surface area is 152 Å². The molecule has 0 unspecified atom stereocenters. The summed E-state index contributed by atoms with van der Waals surface area (Å²) < 4.78 is 10.3. The lowest BCUT2D eigenvalue weighted by molar-refractivity contribution is -0.187. The van der Waals surface area contributed by atoms with Crippen molar-refractivity contribution in [2.24, 2.45) is 29.6 Å². The lowest BCUT2D eigenvalue weighted by Crippen LogP contribution is -2.27.